The van der Waals surface area contributed by atoms with Crippen LogP contribution in [0.3, 0.4) is 0 Å². The number of rotatable bonds is 1. The summed E-state index contributed by atoms with van der Waals surface area (Å²) >= 11 is 0. The quantitative estimate of drug-likeness (QED) is 0.669. The molecule has 0 aromatic carbocycles. The molecule has 0 aromatic heterocycles. The first-order chi connectivity index (χ1) is 6.79. The number of halogens is 1. The second-order valence-corrected chi connectivity index (χ2v) is 4.23. The highest BCUT2D eigenvalue weighted by Crippen LogP contribution is 2.11. The molecule has 1 amide bonds. The van der Waals surface area contributed by atoms with Crippen molar-refractivity contribution in [3.05, 3.63) is 0 Å². The molecule has 2 N–H and O–H groups in total. The van der Waals surface area contributed by atoms with Gasteiger partial charge in [0.05, 0.1) is 6.04 Å². The predicted octanol–water partition coefficient (Wildman–Crippen LogP) is -0.0195. The Hall–Kier alpha value is -0.320. The molecule has 0 bridgehead atoms. The lowest BCUT2D eigenvalue weighted by Gasteiger charge is -2.35. The molecule has 0 radical (unpaired) electrons. The van der Waals surface area contributed by atoms with Crippen molar-refractivity contribution in [2.75, 3.05) is 26.2 Å². The minimum absolute atomic E-state index is 0. The molecule has 2 heterocycles. The summed E-state index contributed by atoms with van der Waals surface area (Å²) in [6, 6.07) is 0.439. The Bertz CT molecular complexity index is 219. The van der Waals surface area contributed by atoms with Crippen molar-refractivity contribution >= 4 is 18.3 Å². The van der Waals surface area contributed by atoms with E-state index in [2.05, 4.69) is 17.6 Å². The Balaban J connectivity index is 0.00000112. The van der Waals surface area contributed by atoms with Gasteiger partial charge in [0.15, 0.2) is 0 Å². The summed E-state index contributed by atoms with van der Waals surface area (Å²) in [6.45, 7) is 5.83. The summed E-state index contributed by atoms with van der Waals surface area (Å²) in [6.07, 6.45) is 2.15. The minimum Gasteiger partial charge on any atom is -0.336 e. The number of amides is 1. The van der Waals surface area contributed by atoms with Gasteiger partial charge in [0.25, 0.3) is 0 Å². The Morgan fingerprint density at radius 2 is 2.20 bits per heavy atom. The monoisotopic (exact) mass is 233 g/mol. The molecule has 0 aliphatic carbocycles. The molecule has 0 saturated carbocycles. The molecule has 2 aliphatic heterocycles. The van der Waals surface area contributed by atoms with Crippen molar-refractivity contribution in [1.29, 1.82) is 0 Å². The maximum Gasteiger partial charge on any atom is 0.240 e. The van der Waals surface area contributed by atoms with Gasteiger partial charge < -0.3 is 15.5 Å². The van der Waals surface area contributed by atoms with Crippen molar-refractivity contribution in [1.82, 2.24) is 15.5 Å². The Morgan fingerprint density at radius 3 is 2.80 bits per heavy atom. The summed E-state index contributed by atoms with van der Waals surface area (Å²) in [5.74, 6) is 0.302. The molecule has 2 aliphatic rings. The summed E-state index contributed by atoms with van der Waals surface area (Å²) in [4.78, 5) is 14.1. The number of nitrogens with zero attached hydrogens (tertiary/aromatic N) is 1. The molecular formula is C10H20ClN3O. The number of nitrogens with one attached hydrogen (secondary N) is 2. The molecular weight excluding hydrogens is 214 g/mol. The van der Waals surface area contributed by atoms with Crippen LogP contribution in [0.5, 0.6) is 0 Å². The summed E-state index contributed by atoms with van der Waals surface area (Å²) in [7, 11) is 0. The van der Waals surface area contributed by atoms with Crippen molar-refractivity contribution in [3.8, 4) is 0 Å². The Labute approximate surface area is 97.2 Å². The van der Waals surface area contributed by atoms with Crippen LogP contribution in [0, 0.1) is 0 Å². The van der Waals surface area contributed by atoms with Crippen molar-refractivity contribution in [2.45, 2.75) is 31.8 Å². The first-order valence-electron chi connectivity index (χ1n) is 5.53. The standard InChI is InChI=1S/C10H19N3O.ClH/c1-8-7-11-5-6-13(8)10(14)9-3-2-4-12-9;/h8-9,11-12H,2-7H2,1H3;1H/t8-,9-;/m1./s1. The van der Waals surface area contributed by atoms with Crippen LogP contribution in [0.15, 0.2) is 0 Å². The van der Waals surface area contributed by atoms with E-state index in [0.717, 1.165) is 39.0 Å². The van der Waals surface area contributed by atoms with Crippen LogP contribution in [0.2, 0.25) is 0 Å². The maximum atomic E-state index is 12.0. The van der Waals surface area contributed by atoms with Gasteiger partial charge in [-0.2, -0.15) is 0 Å². The normalized spacial score (nSPS) is 31.1. The van der Waals surface area contributed by atoms with Crippen molar-refractivity contribution in [3.63, 3.8) is 0 Å². The van der Waals surface area contributed by atoms with Gasteiger partial charge in [-0.15, -0.1) is 12.4 Å². The third kappa shape index (κ3) is 2.83. The van der Waals surface area contributed by atoms with E-state index < -0.39 is 0 Å². The number of hydrogen-bond donors (Lipinski definition) is 2. The third-order valence-corrected chi connectivity index (χ3v) is 3.14. The van der Waals surface area contributed by atoms with Crippen LogP contribution in [0.1, 0.15) is 19.8 Å². The van der Waals surface area contributed by atoms with Gasteiger partial charge >= 0.3 is 0 Å². The zero-order valence-corrected chi connectivity index (χ0v) is 9.98. The molecule has 5 heteroatoms. The van der Waals surface area contributed by atoms with Gasteiger partial charge in [-0.05, 0) is 26.3 Å². The van der Waals surface area contributed by atoms with E-state index in [1.807, 2.05) is 4.90 Å². The van der Waals surface area contributed by atoms with Crippen LogP contribution in [-0.4, -0.2) is 49.1 Å². The van der Waals surface area contributed by atoms with Gasteiger partial charge in [0.1, 0.15) is 0 Å². The first kappa shape index (κ1) is 12.7. The van der Waals surface area contributed by atoms with Crippen LogP contribution in [0.25, 0.3) is 0 Å². The van der Waals surface area contributed by atoms with Gasteiger partial charge in [-0.1, -0.05) is 0 Å². The number of carbonyl (C=O) groups excluding carboxylic acids is 1. The highest BCUT2D eigenvalue weighted by Gasteiger charge is 2.30. The van der Waals surface area contributed by atoms with Crippen LogP contribution in [-0.2, 0) is 4.79 Å². The van der Waals surface area contributed by atoms with E-state index >= 15 is 0 Å². The minimum atomic E-state index is 0. The lowest BCUT2D eigenvalue weighted by atomic mass is 10.1. The average Bonchev–Trinajstić information content (AvgIpc) is 2.70. The van der Waals surface area contributed by atoms with Crippen LogP contribution < -0.4 is 10.6 Å². The molecule has 4 nitrogen and oxygen atoms in total. The fourth-order valence-electron chi connectivity index (χ4n) is 2.26. The maximum absolute atomic E-state index is 12.0. The SMILES string of the molecule is C[C@@H]1CNCCN1C(=O)[C@H]1CCCN1.Cl. The van der Waals surface area contributed by atoms with E-state index in [0.29, 0.717) is 11.9 Å². The second kappa shape index (κ2) is 5.68. The smallest absolute Gasteiger partial charge is 0.240 e. The first-order valence-corrected chi connectivity index (χ1v) is 5.53. The molecule has 2 rings (SSSR count). The summed E-state index contributed by atoms with van der Waals surface area (Å²) < 4.78 is 0. The van der Waals surface area contributed by atoms with Crippen LogP contribution >= 0.6 is 12.4 Å². The van der Waals surface area contributed by atoms with E-state index in [1.165, 1.54) is 0 Å². The van der Waals surface area contributed by atoms with E-state index in [-0.39, 0.29) is 18.4 Å². The second-order valence-electron chi connectivity index (χ2n) is 4.23. The van der Waals surface area contributed by atoms with E-state index in [1.54, 1.807) is 0 Å². The zero-order chi connectivity index (χ0) is 9.97. The van der Waals surface area contributed by atoms with Gasteiger partial charge in [-0.25, -0.2) is 0 Å². The molecule has 0 aromatic rings. The van der Waals surface area contributed by atoms with Crippen molar-refractivity contribution < 1.29 is 4.79 Å². The van der Waals surface area contributed by atoms with Crippen molar-refractivity contribution in [2.24, 2.45) is 0 Å². The molecule has 2 atom stereocenters. The number of hydrogen-bond acceptors (Lipinski definition) is 3. The Kier molecular flexibility index (Phi) is 4.83. The fourth-order valence-corrected chi connectivity index (χ4v) is 2.26. The molecule has 88 valence electrons. The molecule has 0 unspecified atom stereocenters. The lowest BCUT2D eigenvalue weighted by Crippen LogP contribution is -2.56. The lowest BCUT2D eigenvalue weighted by molar-refractivity contribution is -0.135. The van der Waals surface area contributed by atoms with Gasteiger partial charge in [0.2, 0.25) is 5.91 Å². The average molecular weight is 234 g/mol. The third-order valence-electron chi connectivity index (χ3n) is 3.14. The molecule has 0 spiro atoms. The summed E-state index contributed by atoms with van der Waals surface area (Å²) in [5.41, 5.74) is 0. The largest absolute Gasteiger partial charge is 0.336 e. The topological polar surface area (TPSA) is 44.4 Å². The number of carbonyl (C=O) groups is 1. The van der Waals surface area contributed by atoms with Gasteiger partial charge in [0, 0.05) is 25.7 Å². The highest BCUT2D eigenvalue weighted by atomic mass is 35.5. The zero-order valence-electron chi connectivity index (χ0n) is 9.16. The van der Waals surface area contributed by atoms with E-state index in [9.17, 15) is 4.79 Å². The summed E-state index contributed by atoms with van der Waals surface area (Å²) in [5, 5.41) is 6.56. The molecule has 15 heavy (non-hydrogen) atoms. The fraction of sp³-hybridized carbons (Fsp3) is 0.900. The highest BCUT2D eigenvalue weighted by molar-refractivity contribution is 5.85. The molecule has 2 saturated heterocycles. The number of piperazine rings is 1. The van der Waals surface area contributed by atoms with E-state index in [4.69, 9.17) is 0 Å². The Morgan fingerprint density at radius 1 is 1.40 bits per heavy atom. The van der Waals surface area contributed by atoms with Crippen LogP contribution in [0.4, 0.5) is 0 Å². The van der Waals surface area contributed by atoms with Gasteiger partial charge in [-0.3, -0.25) is 4.79 Å². The predicted molar refractivity (Wildman–Crippen MR) is 62.3 cm³/mol. The molecule has 2 fully saturated rings.